The zero-order valence-corrected chi connectivity index (χ0v) is 20.7. The number of esters is 1. The molecule has 0 spiro atoms. The van der Waals surface area contributed by atoms with Crippen LogP contribution in [0.2, 0.25) is 5.02 Å². The summed E-state index contributed by atoms with van der Waals surface area (Å²) in [5.41, 5.74) is 5.56. The van der Waals surface area contributed by atoms with Crippen molar-refractivity contribution in [3.63, 3.8) is 0 Å². The Balaban J connectivity index is 1.18. The van der Waals surface area contributed by atoms with E-state index in [-0.39, 0.29) is 23.7 Å². The summed E-state index contributed by atoms with van der Waals surface area (Å²) in [4.78, 5) is 53.0. The SMILES string of the molecule is Cc1ccc(Cl)cc1NC(=O)COC(=O)CN1C(=O)[C@@H]2C3c4ccccc4C(c4ccccc43)[C@@H]2C1=O. The van der Waals surface area contributed by atoms with E-state index in [0.717, 1.165) is 32.7 Å². The Kier molecular flexibility index (Phi) is 5.60. The van der Waals surface area contributed by atoms with Gasteiger partial charge in [-0.25, -0.2) is 0 Å². The smallest absolute Gasteiger partial charge is 0.326 e. The molecule has 0 saturated carbocycles. The minimum absolute atomic E-state index is 0.244. The van der Waals surface area contributed by atoms with Gasteiger partial charge in [0.05, 0.1) is 11.8 Å². The van der Waals surface area contributed by atoms with Gasteiger partial charge in [-0.05, 0) is 46.9 Å². The highest BCUT2D eigenvalue weighted by molar-refractivity contribution is 6.31. The van der Waals surface area contributed by atoms with Crippen LogP contribution in [0.5, 0.6) is 0 Å². The largest absolute Gasteiger partial charge is 0.454 e. The molecule has 3 aliphatic carbocycles. The molecule has 0 aromatic heterocycles. The first-order chi connectivity index (χ1) is 17.8. The highest BCUT2D eigenvalue weighted by Crippen LogP contribution is 2.60. The summed E-state index contributed by atoms with van der Waals surface area (Å²) < 4.78 is 5.12. The number of carbonyl (C=O) groups is 4. The fourth-order valence-electron chi connectivity index (χ4n) is 6.13. The fraction of sp³-hybridized carbons (Fsp3) is 0.241. The van der Waals surface area contributed by atoms with Crippen LogP contribution >= 0.6 is 11.6 Å². The Morgan fingerprint density at radius 1 is 0.865 bits per heavy atom. The molecule has 3 aromatic rings. The maximum atomic E-state index is 13.5. The van der Waals surface area contributed by atoms with E-state index in [9.17, 15) is 19.2 Å². The second-order valence-corrected chi connectivity index (χ2v) is 10.1. The molecule has 4 aliphatic rings. The molecule has 3 amide bonds. The van der Waals surface area contributed by atoms with Gasteiger partial charge in [0.1, 0.15) is 6.54 Å². The van der Waals surface area contributed by atoms with E-state index in [0.29, 0.717) is 10.7 Å². The van der Waals surface area contributed by atoms with E-state index in [4.69, 9.17) is 16.3 Å². The van der Waals surface area contributed by atoms with Gasteiger partial charge in [-0.2, -0.15) is 0 Å². The summed E-state index contributed by atoms with van der Waals surface area (Å²) >= 11 is 5.98. The monoisotopic (exact) mass is 514 g/mol. The molecule has 7 nitrogen and oxygen atoms in total. The Labute approximate surface area is 218 Å². The van der Waals surface area contributed by atoms with Crippen molar-refractivity contribution in [3.05, 3.63) is 99.6 Å². The third-order valence-corrected chi connectivity index (χ3v) is 7.90. The molecule has 3 aromatic carbocycles. The van der Waals surface area contributed by atoms with Gasteiger partial charge in [0.2, 0.25) is 11.8 Å². The van der Waals surface area contributed by atoms with Gasteiger partial charge >= 0.3 is 5.97 Å². The van der Waals surface area contributed by atoms with E-state index >= 15 is 0 Å². The lowest BCUT2D eigenvalue weighted by molar-refractivity contribution is -0.154. The van der Waals surface area contributed by atoms with Gasteiger partial charge < -0.3 is 10.1 Å². The number of imide groups is 1. The van der Waals surface area contributed by atoms with Crippen molar-refractivity contribution < 1.29 is 23.9 Å². The molecule has 7 rings (SSSR count). The number of hydrogen-bond acceptors (Lipinski definition) is 5. The summed E-state index contributed by atoms with van der Waals surface area (Å²) in [6.45, 7) is 0.738. The van der Waals surface area contributed by atoms with Crippen LogP contribution in [0.25, 0.3) is 0 Å². The highest BCUT2D eigenvalue weighted by Gasteiger charge is 2.61. The summed E-state index contributed by atoms with van der Waals surface area (Å²) in [5.74, 6) is -3.72. The molecule has 0 unspecified atom stereocenters. The topological polar surface area (TPSA) is 92.8 Å². The molecule has 8 heteroatoms. The van der Waals surface area contributed by atoms with Crippen molar-refractivity contribution in [1.82, 2.24) is 4.90 Å². The van der Waals surface area contributed by atoms with Crippen molar-refractivity contribution in [1.29, 1.82) is 0 Å². The summed E-state index contributed by atoms with van der Waals surface area (Å²) in [6, 6.07) is 20.9. The van der Waals surface area contributed by atoms with Crippen LogP contribution in [0.1, 0.15) is 39.7 Å². The lowest BCUT2D eigenvalue weighted by atomic mass is 9.55. The van der Waals surface area contributed by atoms with E-state index in [2.05, 4.69) is 5.32 Å². The minimum atomic E-state index is -0.819. The van der Waals surface area contributed by atoms with Gasteiger partial charge in [-0.15, -0.1) is 0 Å². The highest BCUT2D eigenvalue weighted by atomic mass is 35.5. The standard InChI is InChI=1S/C29H23ClN2O5/c1-15-10-11-16(30)12-21(15)31-22(33)14-37-23(34)13-32-28(35)26-24-17-6-2-3-7-18(17)25(27(26)29(32)36)20-9-5-4-8-19(20)24/h2-12,24-27H,13-14H2,1H3,(H,31,33)/t24?,25?,26-,27+. The first kappa shape index (κ1) is 23.4. The zero-order chi connectivity index (χ0) is 25.8. The normalized spacial score (nSPS) is 22.8. The van der Waals surface area contributed by atoms with Crippen molar-refractivity contribution in [2.24, 2.45) is 11.8 Å². The number of likely N-dealkylation sites (tertiary alicyclic amines) is 1. The third-order valence-electron chi connectivity index (χ3n) is 7.66. The average Bonchev–Trinajstić information content (AvgIpc) is 3.15. The fourth-order valence-corrected chi connectivity index (χ4v) is 6.30. The van der Waals surface area contributed by atoms with Crippen molar-refractivity contribution in [2.45, 2.75) is 18.8 Å². The molecule has 1 N–H and O–H groups in total. The summed E-state index contributed by atoms with van der Waals surface area (Å²) in [7, 11) is 0. The Hall–Kier alpha value is -3.97. The number of nitrogens with one attached hydrogen (secondary N) is 1. The number of rotatable bonds is 5. The molecule has 1 saturated heterocycles. The number of anilines is 1. The Morgan fingerprint density at radius 3 is 1.89 bits per heavy atom. The molecular weight excluding hydrogens is 492 g/mol. The minimum Gasteiger partial charge on any atom is -0.454 e. The third kappa shape index (κ3) is 3.73. The van der Waals surface area contributed by atoms with E-state index < -0.39 is 36.9 Å². The molecule has 2 bridgehead atoms. The van der Waals surface area contributed by atoms with Crippen molar-refractivity contribution in [2.75, 3.05) is 18.5 Å². The molecular formula is C29H23ClN2O5. The number of aryl methyl sites for hydroxylation is 1. The van der Waals surface area contributed by atoms with E-state index in [1.54, 1.807) is 18.2 Å². The summed E-state index contributed by atoms with van der Waals surface area (Å²) in [6.07, 6.45) is 0. The van der Waals surface area contributed by atoms with Crippen LogP contribution in [-0.2, 0) is 23.9 Å². The first-order valence-corrected chi connectivity index (χ1v) is 12.5. The van der Waals surface area contributed by atoms with Gasteiger partial charge in [-0.1, -0.05) is 66.2 Å². The number of amides is 3. The first-order valence-electron chi connectivity index (χ1n) is 12.1. The number of hydrogen-bond donors (Lipinski definition) is 1. The quantitative estimate of drug-likeness (QED) is 0.410. The molecule has 1 heterocycles. The second kappa shape index (κ2) is 8.85. The maximum absolute atomic E-state index is 13.5. The van der Waals surface area contributed by atoms with Crippen LogP contribution in [0.3, 0.4) is 0 Å². The van der Waals surface area contributed by atoms with Gasteiger partial charge in [0.25, 0.3) is 5.91 Å². The number of halogens is 1. The van der Waals surface area contributed by atoms with Crippen LogP contribution in [-0.4, -0.2) is 41.7 Å². The lowest BCUT2D eigenvalue weighted by Crippen LogP contribution is -2.41. The summed E-state index contributed by atoms with van der Waals surface area (Å²) in [5, 5.41) is 3.11. The molecule has 186 valence electrons. The van der Waals surface area contributed by atoms with Gasteiger partial charge in [-0.3, -0.25) is 24.1 Å². The van der Waals surface area contributed by atoms with E-state index in [1.165, 1.54) is 0 Å². The van der Waals surface area contributed by atoms with Crippen LogP contribution < -0.4 is 5.32 Å². The van der Waals surface area contributed by atoms with Crippen molar-refractivity contribution >= 4 is 41.0 Å². The molecule has 2 atom stereocenters. The molecule has 37 heavy (non-hydrogen) atoms. The van der Waals surface area contributed by atoms with Crippen LogP contribution in [0.15, 0.2) is 66.7 Å². The predicted molar refractivity (Wildman–Crippen MR) is 136 cm³/mol. The molecule has 1 aliphatic heterocycles. The number of benzene rings is 3. The maximum Gasteiger partial charge on any atom is 0.326 e. The van der Waals surface area contributed by atoms with Crippen LogP contribution in [0, 0.1) is 18.8 Å². The number of carbonyl (C=O) groups excluding carboxylic acids is 4. The zero-order valence-electron chi connectivity index (χ0n) is 19.9. The van der Waals surface area contributed by atoms with Crippen molar-refractivity contribution in [3.8, 4) is 0 Å². The molecule has 1 fully saturated rings. The van der Waals surface area contributed by atoms with Gasteiger partial charge in [0.15, 0.2) is 6.61 Å². The van der Waals surface area contributed by atoms with E-state index in [1.807, 2.05) is 55.5 Å². The average molecular weight is 515 g/mol. The second-order valence-electron chi connectivity index (χ2n) is 9.70. The lowest BCUT2D eigenvalue weighted by Gasteiger charge is -2.45. The Bertz CT molecular complexity index is 1370. The molecule has 0 radical (unpaired) electrons. The number of nitrogens with zero attached hydrogens (tertiary/aromatic N) is 1. The predicted octanol–water partition coefficient (Wildman–Crippen LogP) is 4.02. The van der Waals surface area contributed by atoms with Gasteiger partial charge in [0, 0.05) is 22.5 Å². The number of ether oxygens (including phenoxy) is 1. The Morgan fingerprint density at radius 2 is 1.38 bits per heavy atom. The van der Waals surface area contributed by atoms with Crippen LogP contribution in [0.4, 0.5) is 5.69 Å².